The van der Waals surface area contributed by atoms with Crippen LogP contribution in [0.2, 0.25) is 0 Å². The standard InChI is InChI=1S/C14H12FN7O/c1-9-13(23)18-14(21-19-9)20-16-8-10-3-4-12(11(15)7-10)22-6-2-5-17-22/h2-8H,1H3,(H2,18,20,21,23)/b16-8+. The Morgan fingerprint density at radius 2 is 2.26 bits per heavy atom. The van der Waals surface area contributed by atoms with Crippen molar-refractivity contribution in [3.05, 3.63) is 64.1 Å². The summed E-state index contributed by atoms with van der Waals surface area (Å²) in [5, 5.41) is 15.2. The molecule has 0 bridgehead atoms. The van der Waals surface area contributed by atoms with E-state index in [4.69, 9.17) is 0 Å². The van der Waals surface area contributed by atoms with Crippen LogP contribution in [0.3, 0.4) is 0 Å². The number of H-pyrrole nitrogens is 1. The maximum absolute atomic E-state index is 14.0. The number of aryl methyl sites for hydroxylation is 1. The summed E-state index contributed by atoms with van der Waals surface area (Å²) in [6, 6.07) is 6.32. The molecule has 8 nitrogen and oxygen atoms in total. The van der Waals surface area contributed by atoms with Gasteiger partial charge in [0.05, 0.1) is 6.21 Å². The molecule has 0 saturated heterocycles. The lowest BCUT2D eigenvalue weighted by Gasteiger charge is -2.03. The van der Waals surface area contributed by atoms with Crippen LogP contribution in [0.25, 0.3) is 5.69 Å². The lowest BCUT2D eigenvalue weighted by Crippen LogP contribution is -2.15. The van der Waals surface area contributed by atoms with Gasteiger partial charge < -0.3 is 0 Å². The van der Waals surface area contributed by atoms with Crippen LogP contribution in [-0.4, -0.2) is 31.2 Å². The fourth-order valence-electron chi connectivity index (χ4n) is 1.81. The van der Waals surface area contributed by atoms with Gasteiger partial charge in [0.15, 0.2) is 0 Å². The molecule has 0 atom stereocenters. The van der Waals surface area contributed by atoms with E-state index >= 15 is 0 Å². The van der Waals surface area contributed by atoms with Gasteiger partial charge in [-0.25, -0.2) is 14.5 Å². The quantitative estimate of drug-likeness (QED) is 0.557. The number of nitrogens with one attached hydrogen (secondary N) is 2. The van der Waals surface area contributed by atoms with Crippen LogP contribution in [0.1, 0.15) is 11.3 Å². The molecular weight excluding hydrogens is 301 g/mol. The third-order valence-electron chi connectivity index (χ3n) is 2.97. The van der Waals surface area contributed by atoms with E-state index in [-0.39, 0.29) is 17.2 Å². The van der Waals surface area contributed by atoms with Crippen LogP contribution in [-0.2, 0) is 0 Å². The molecule has 1 aromatic carbocycles. The normalized spacial score (nSPS) is 11.0. The van der Waals surface area contributed by atoms with E-state index in [1.54, 1.807) is 37.5 Å². The van der Waals surface area contributed by atoms with E-state index in [0.717, 1.165) is 0 Å². The number of rotatable bonds is 4. The van der Waals surface area contributed by atoms with Gasteiger partial charge in [0, 0.05) is 12.4 Å². The predicted octanol–water partition coefficient (Wildman–Crippen LogP) is 1.24. The number of aromatic amines is 1. The first-order valence-electron chi connectivity index (χ1n) is 6.66. The zero-order valence-electron chi connectivity index (χ0n) is 12.1. The molecule has 0 radical (unpaired) electrons. The van der Waals surface area contributed by atoms with E-state index in [1.807, 2.05) is 0 Å². The average molecular weight is 313 g/mol. The Balaban J connectivity index is 1.74. The molecule has 0 aliphatic carbocycles. The first-order valence-corrected chi connectivity index (χ1v) is 6.66. The van der Waals surface area contributed by atoms with Crippen molar-refractivity contribution in [2.24, 2.45) is 5.10 Å². The second kappa shape index (κ2) is 6.18. The topological polar surface area (TPSA) is 101 Å². The summed E-state index contributed by atoms with van der Waals surface area (Å²) in [6.45, 7) is 1.54. The van der Waals surface area contributed by atoms with Gasteiger partial charge in [-0.05, 0) is 30.7 Å². The number of aromatic nitrogens is 5. The molecule has 0 aliphatic rings. The molecule has 3 aromatic rings. The van der Waals surface area contributed by atoms with Gasteiger partial charge >= 0.3 is 0 Å². The number of nitrogens with zero attached hydrogens (tertiary/aromatic N) is 5. The Morgan fingerprint density at radius 3 is 2.96 bits per heavy atom. The van der Waals surface area contributed by atoms with Crippen LogP contribution >= 0.6 is 0 Å². The highest BCUT2D eigenvalue weighted by atomic mass is 19.1. The minimum Gasteiger partial charge on any atom is -0.288 e. The second-order valence-electron chi connectivity index (χ2n) is 4.62. The van der Waals surface area contributed by atoms with Gasteiger partial charge in [0.1, 0.15) is 17.2 Å². The summed E-state index contributed by atoms with van der Waals surface area (Å²) in [4.78, 5) is 13.8. The fourth-order valence-corrected chi connectivity index (χ4v) is 1.81. The van der Waals surface area contributed by atoms with Gasteiger partial charge in [0.25, 0.3) is 5.56 Å². The number of halogens is 1. The van der Waals surface area contributed by atoms with Gasteiger partial charge in [-0.2, -0.15) is 10.2 Å². The van der Waals surface area contributed by atoms with Crippen LogP contribution in [0.15, 0.2) is 46.6 Å². The van der Waals surface area contributed by atoms with Crippen molar-refractivity contribution in [2.45, 2.75) is 6.92 Å². The Bertz CT molecular complexity index is 902. The van der Waals surface area contributed by atoms with Gasteiger partial charge in [-0.3, -0.25) is 9.78 Å². The predicted molar refractivity (Wildman–Crippen MR) is 82.1 cm³/mol. The van der Waals surface area contributed by atoms with E-state index in [0.29, 0.717) is 11.3 Å². The van der Waals surface area contributed by atoms with Crippen molar-refractivity contribution in [1.29, 1.82) is 0 Å². The van der Waals surface area contributed by atoms with Crippen molar-refractivity contribution < 1.29 is 4.39 Å². The van der Waals surface area contributed by atoms with E-state index in [1.165, 1.54) is 17.0 Å². The number of hydrazone groups is 1. The lowest BCUT2D eigenvalue weighted by atomic mass is 10.2. The molecule has 0 unspecified atom stereocenters. The highest BCUT2D eigenvalue weighted by Crippen LogP contribution is 2.13. The summed E-state index contributed by atoms with van der Waals surface area (Å²) in [6.07, 6.45) is 4.62. The van der Waals surface area contributed by atoms with Crippen LogP contribution < -0.4 is 11.0 Å². The second-order valence-corrected chi connectivity index (χ2v) is 4.62. The molecule has 0 amide bonds. The summed E-state index contributed by atoms with van der Waals surface area (Å²) in [7, 11) is 0. The van der Waals surface area contributed by atoms with Gasteiger partial charge in [-0.1, -0.05) is 6.07 Å². The molecule has 23 heavy (non-hydrogen) atoms. The van der Waals surface area contributed by atoms with Crippen molar-refractivity contribution >= 4 is 12.2 Å². The highest BCUT2D eigenvalue weighted by molar-refractivity contribution is 5.80. The maximum atomic E-state index is 14.0. The molecule has 0 aliphatic heterocycles. The Kier molecular flexibility index (Phi) is 3.91. The average Bonchev–Trinajstić information content (AvgIpc) is 3.05. The van der Waals surface area contributed by atoms with E-state index in [9.17, 15) is 9.18 Å². The Morgan fingerprint density at radius 1 is 1.39 bits per heavy atom. The monoisotopic (exact) mass is 313 g/mol. The smallest absolute Gasteiger partial charge is 0.274 e. The van der Waals surface area contributed by atoms with Gasteiger partial charge in [-0.15, -0.1) is 10.2 Å². The van der Waals surface area contributed by atoms with Crippen molar-refractivity contribution in [3.63, 3.8) is 0 Å². The molecule has 2 heterocycles. The molecule has 2 N–H and O–H groups in total. The molecule has 0 spiro atoms. The largest absolute Gasteiger partial charge is 0.288 e. The zero-order valence-corrected chi connectivity index (χ0v) is 12.1. The molecular formula is C14H12FN7O. The first-order chi connectivity index (χ1) is 11.1. The maximum Gasteiger partial charge on any atom is 0.274 e. The zero-order chi connectivity index (χ0) is 16.2. The minimum atomic E-state index is -0.429. The number of hydrogen-bond donors (Lipinski definition) is 2. The minimum absolute atomic E-state index is 0.102. The molecule has 9 heteroatoms. The molecule has 0 fully saturated rings. The Hall–Kier alpha value is -3.36. The van der Waals surface area contributed by atoms with Crippen molar-refractivity contribution in [3.8, 4) is 5.69 Å². The van der Waals surface area contributed by atoms with Crippen molar-refractivity contribution in [2.75, 3.05) is 5.43 Å². The van der Waals surface area contributed by atoms with E-state index < -0.39 is 5.82 Å². The first kappa shape index (κ1) is 14.6. The number of benzene rings is 1. The molecule has 0 saturated carbocycles. The summed E-state index contributed by atoms with van der Waals surface area (Å²) in [5.41, 5.74) is 3.31. The summed E-state index contributed by atoms with van der Waals surface area (Å²) >= 11 is 0. The molecule has 2 aromatic heterocycles. The van der Waals surface area contributed by atoms with Crippen LogP contribution in [0.5, 0.6) is 0 Å². The number of hydrogen-bond acceptors (Lipinski definition) is 6. The fraction of sp³-hybridized carbons (Fsp3) is 0.0714. The highest BCUT2D eigenvalue weighted by Gasteiger charge is 2.05. The molecule has 3 rings (SSSR count). The van der Waals surface area contributed by atoms with Crippen LogP contribution in [0.4, 0.5) is 10.3 Å². The van der Waals surface area contributed by atoms with Crippen molar-refractivity contribution in [1.82, 2.24) is 25.0 Å². The number of anilines is 1. The SMILES string of the molecule is Cc1nnc(N/N=C/c2ccc(-n3cccn3)c(F)c2)[nH]c1=O. The van der Waals surface area contributed by atoms with Crippen LogP contribution in [0, 0.1) is 12.7 Å². The third kappa shape index (κ3) is 3.28. The summed E-state index contributed by atoms with van der Waals surface area (Å²) < 4.78 is 15.5. The third-order valence-corrected chi connectivity index (χ3v) is 2.97. The summed E-state index contributed by atoms with van der Waals surface area (Å²) in [5.74, 6) is -0.327. The van der Waals surface area contributed by atoms with E-state index in [2.05, 4.69) is 30.8 Å². The van der Waals surface area contributed by atoms with Gasteiger partial charge in [0.2, 0.25) is 5.95 Å². The lowest BCUT2D eigenvalue weighted by molar-refractivity contribution is 0.610. The molecule has 116 valence electrons. The Labute approximate surface area is 129 Å².